The highest BCUT2D eigenvalue weighted by Crippen LogP contribution is 2.25. The third-order valence-corrected chi connectivity index (χ3v) is 2.28. The topological polar surface area (TPSA) is 42.2 Å². The molecule has 0 saturated heterocycles. The lowest BCUT2D eigenvalue weighted by Gasteiger charge is -2.21. The van der Waals surface area contributed by atoms with Crippen molar-refractivity contribution in [2.24, 2.45) is 0 Å². The van der Waals surface area contributed by atoms with Crippen molar-refractivity contribution in [3.8, 4) is 0 Å². The molecule has 0 bridgehead atoms. The fourth-order valence-corrected chi connectivity index (χ4v) is 1.26. The molecule has 0 spiro atoms. The van der Waals surface area contributed by atoms with Crippen LogP contribution in [0.2, 0.25) is 0 Å². The number of aromatic nitrogens is 1. The summed E-state index contributed by atoms with van der Waals surface area (Å²) in [6, 6.07) is 1.72. The molecule has 3 nitrogen and oxygen atoms in total. The van der Waals surface area contributed by atoms with Gasteiger partial charge >= 0.3 is 6.18 Å². The summed E-state index contributed by atoms with van der Waals surface area (Å²) in [5.41, 5.74) is 6.97. The predicted molar refractivity (Wildman–Crippen MR) is 57.3 cm³/mol. The van der Waals surface area contributed by atoms with Gasteiger partial charge in [0.05, 0.1) is 12.1 Å². The van der Waals surface area contributed by atoms with Crippen molar-refractivity contribution in [3.63, 3.8) is 0 Å². The molecular weight excluding hydrogens is 219 g/mol. The number of nitrogen functional groups attached to an aromatic ring is 1. The highest BCUT2D eigenvalue weighted by atomic mass is 19.4. The van der Waals surface area contributed by atoms with Crippen LogP contribution in [0.25, 0.3) is 0 Å². The van der Waals surface area contributed by atoms with Gasteiger partial charge in [0, 0.05) is 19.8 Å². The number of halogens is 3. The zero-order chi connectivity index (χ0) is 12.3. The van der Waals surface area contributed by atoms with E-state index in [-0.39, 0.29) is 6.54 Å². The second-order valence-corrected chi connectivity index (χ2v) is 3.65. The van der Waals surface area contributed by atoms with Gasteiger partial charge in [0.15, 0.2) is 5.82 Å². The van der Waals surface area contributed by atoms with Crippen molar-refractivity contribution >= 4 is 11.5 Å². The molecule has 0 aliphatic rings. The molecule has 0 saturated carbocycles. The van der Waals surface area contributed by atoms with Crippen molar-refractivity contribution in [1.29, 1.82) is 0 Å². The van der Waals surface area contributed by atoms with Gasteiger partial charge in [-0.3, -0.25) is 0 Å². The fourth-order valence-electron chi connectivity index (χ4n) is 1.26. The summed E-state index contributed by atoms with van der Waals surface area (Å²) in [5.74, 6) is 0.393. The molecule has 90 valence electrons. The largest absolute Gasteiger partial charge is 0.396 e. The van der Waals surface area contributed by atoms with Crippen LogP contribution in [0.15, 0.2) is 12.3 Å². The van der Waals surface area contributed by atoms with E-state index in [0.29, 0.717) is 11.5 Å². The minimum atomic E-state index is -4.16. The number of hydrogen-bond donors (Lipinski definition) is 1. The van der Waals surface area contributed by atoms with Gasteiger partial charge in [-0.2, -0.15) is 13.2 Å². The lowest BCUT2D eigenvalue weighted by atomic mass is 10.2. The predicted octanol–water partition coefficient (Wildman–Crippen LogP) is 2.36. The van der Waals surface area contributed by atoms with Gasteiger partial charge in [-0.25, -0.2) is 4.98 Å². The van der Waals surface area contributed by atoms with Crippen molar-refractivity contribution in [1.82, 2.24) is 4.98 Å². The summed E-state index contributed by atoms with van der Waals surface area (Å²) in [4.78, 5) is 5.39. The van der Waals surface area contributed by atoms with E-state index < -0.39 is 12.6 Å². The quantitative estimate of drug-likeness (QED) is 0.871. The van der Waals surface area contributed by atoms with Gasteiger partial charge in [0.2, 0.25) is 0 Å². The molecule has 0 unspecified atom stereocenters. The van der Waals surface area contributed by atoms with Crippen LogP contribution < -0.4 is 10.6 Å². The van der Waals surface area contributed by atoms with Crippen LogP contribution in [0, 0.1) is 6.92 Å². The third-order valence-electron chi connectivity index (χ3n) is 2.28. The molecule has 1 aromatic rings. The minimum absolute atomic E-state index is 0.149. The maximum atomic E-state index is 12.0. The van der Waals surface area contributed by atoms with E-state index in [2.05, 4.69) is 4.98 Å². The number of pyridine rings is 1. The van der Waals surface area contributed by atoms with Gasteiger partial charge in [-0.15, -0.1) is 0 Å². The van der Waals surface area contributed by atoms with Crippen molar-refractivity contribution < 1.29 is 13.2 Å². The zero-order valence-electron chi connectivity index (χ0n) is 9.17. The van der Waals surface area contributed by atoms with E-state index >= 15 is 0 Å². The number of rotatable bonds is 3. The molecular formula is C10H14F3N3. The first-order chi connectivity index (χ1) is 7.31. The van der Waals surface area contributed by atoms with E-state index in [4.69, 9.17) is 5.73 Å². The summed E-state index contributed by atoms with van der Waals surface area (Å²) >= 11 is 0. The van der Waals surface area contributed by atoms with Crippen LogP contribution >= 0.6 is 0 Å². The molecule has 1 heterocycles. The number of aryl methyl sites for hydroxylation is 1. The van der Waals surface area contributed by atoms with Crippen molar-refractivity contribution in [3.05, 3.63) is 17.8 Å². The maximum Gasteiger partial charge on any atom is 0.390 e. The molecule has 0 radical (unpaired) electrons. The molecule has 0 aliphatic heterocycles. The van der Waals surface area contributed by atoms with E-state index in [0.717, 1.165) is 5.56 Å². The van der Waals surface area contributed by atoms with Crippen molar-refractivity contribution in [2.45, 2.75) is 19.5 Å². The van der Waals surface area contributed by atoms with E-state index in [1.807, 2.05) is 0 Å². The number of nitrogens with two attached hydrogens (primary N) is 1. The Labute approximate surface area is 92.1 Å². The number of nitrogens with zero attached hydrogens (tertiary/aromatic N) is 2. The molecule has 1 rings (SSSR count). The Bertz CT molecular complexity index is 363. The highest BCUT2D eigenvalue weighted by molar-refractivity contribution is 5.65. The first kappa shape index (κ1) is 12.6. The Morgan fingerprint density at radius 2 is 2.06 bits per heavy atom. The first-order valence-electron chi connectivity index (χ1n) is 4.80. The average Bonchev–Trinajstić information content (AvgIpc) is 2.17. The molecule has 1 aromatic heterocycles. The van der Waals surface area contributed by atoms with Gasteiger partial charge in [0.1, 0.15) is 0 Å². The molecule has 0 atom stereocenters. The van der Waals surface area contributed by atoms with Crippen LogP contribution in [0.5, 0.6) is 0 Å². The Morgan fingerprint density at radius 3 is 2.62 bits per heavy atom. The van der Waals surface area contributed by atoms with Crippen molar-refractivity contribution in [2.75, 3.05) is 24.2 Å². The molecule has 6 heteroatoms. The zero-order valence-corrected chi connectivity index (χ0v) is 9.17. The first-order valence-corrected chi connectivity index (χ1v) is 4.80. The lowest BCUT2D eigenvalue weighted by Crippen LogP contribution is -2.25. The molecule has 0 fully saturated rings. The summed E-state index contributed by atoms with van der Waals surface area (Å²) < 4.78 is 36.1. The smallest absolute Gasteiger partial charge is 0.390 e. The lowest BCUT2D eigenvalue weighted by molar-refractivity contribution is -0.132. The number of anilines is 2. The Balaban J connectivity index is 2.73. The van der Waals surface area contributed by atoms with E-state index in [1.165, 1.54) is 11.1 Å². The number of hydrogen-bond acceptors (Lipinski definition) is 3. The van der Waals surface area contributed by atoms with E-state index in [1.54, 1.807) is 20.0 Å². The molecule has 2 N–H and O–H groups in total. The Morgan fingerprint density at radius 1 is 1.44 bits per heavy atom. The Hall–Kier alpha value is -1.46. The molecule has 16 heavy (non-hydrogen) atoms. The van der Waals surface area contributed by atoms with Crippen LogP contribution in [0.1, 0.15) is 12.0 Å². The number of alkyl halides is 3. The second-order valence-electron chi connectivity index (χ2n) is 3.65. The summed E-state index contributed by atoms with van der Waals surface area (Å²) in [6.45, 7) is 1.64. The fraction of sp³-hybridized carbons (Fsp3) is 0.500. The monoisotopic (exact) mass is 233 g/mol. The van der Waals surface area contributed by atoms with Crippen LogP contribution in [-0.2, 0) is 0 Å². The van der Waals surface area contributed by atoms with E-state index in [9.17, 15) is 13.2 Å². The SMILES string of the molecule is Cc1ccnc(N(C)CCC(F)(F)F)c1N. The highest BCUT2D eigenvalue weighted by Gasteiger charge is 2.27. The minimum Gasteiger partial charge on any atom is -0.396 e. The van der Waals surface area contributed by atoms with Gasteiger partial charge in [0.25, 0.3) is 0 Å². The molecule has 0 aromatic carbocycles. The van der Waals surface area contributed by atoms with Gasteiger partial charge in [-0.1, -0.05) is 0 Å². The third kappa shape index (κ3) is 3.29. The van der Waals surface area contributed by atoms with Gasteiger partial charge < -0.3 is 10.6 Å². The molecule has 0 aliphatic carbocycles. The molecule has 0 amide bonds. The summed E-state index contributed by atoms with van der Waals surface area (Å²) in [6.07, 6.45) is -3.50. The normalized spacial score (nSPS) is 11.6. The van der Waals surface area contributed by atoms with Crippen LogP contribution in [0.4, 0.5) is 24.7 Å². The Kier molecular flexibility index (Phi) is 3.62. The van der Waals surface area contributed by atoms with Crippen LogP contribution in [0.3, 0.4) is 0 Å². The summed E-state index contributed by atoms with van der Waals surface area (Å²) in [5, 5.41) is 0. The summed E-state index contributed by atoms with van der Waals surface area (Å²) in [7, 11) is 1.55. The second kappa shape index (κ2) is 4.59. The van der Waals surface area contributed by atoms with Crippen LogP contribution in [-0.4, -0.2) is 24.8 Å². The van der Waals surface area contributed by atoms with Gasteiger partial charge in [-0.05, 0) is 18.6 Å². The average molecular weight is 233 g/mol. The standard InChI is InChI=1S/C10H14F3N3/c1-7-3-5-15-9(8(7)14)16(2)6-4-10(11,12)13/h3,5H,4,6,14H2,1-2H3. The maximum absolute atomic E-state index is 12.0.